The molecule has 6 heteroatoms. The highest BCUT2D eigenvalue weighted by Gasteiger charge is 2.19. The van der Waals surface area contributed by atoms with Crippen molar-refractivity contribution < 1.29 is 9.90 Å². The van der Waals surface area contributed by atoms with E-state index in [0.717, 1.165) is 23.6 Å². The van der Waals surface area contributed by atoms with Crippen LogP contribution in [0.1, 0.15) is 48.0 Å². The van der Waals surface area contributed by atoms with Crippen molar-refractivity contribution in [3.8, 4) is 0 Å². The molecule has 0 bridgehead atoms. The van der Waals surface area contributed by atoms with Crippen molar-refractivity contribution in [1.29, 1.82) is 0 Å². The standard InChI is InChI=1S/C24H27N3O2S/c1-24(2,3)20-14-21(27(4)15-17-9-6-5-7-10-17)26-23(25-20)30-16-18-11-8-12-19(13-18)22(28)29/h5-14H,15-16H2,1-4H3,(H,28,29)/p-1. The Balaban J connectivity index is 1.84. The largest absolute Gasteiger partial charge is 0.545 e. The van der Waals surface area contributed by atoms with Gasteiger partial charge < -0.3 is 14.8 Å². The van der Waals surface area contributed by atoms with E-state index in [0.29, 0.717) is 10.9 Å². The monoisotopic (exact) mass is 420 g/mol. The first-order valence-electron chi connectivity index (χ1n) is 9.80. The predicted octanol–water partition coefficient (Wildman–Crippen LogP) is 4.07. The number of aromatic nitrogens is 2. The Bertz CT molecular complexity index is 1020. The zero-order valence-corrected chi connectivity index (χ0v) is 18.6. The van der Waals surface area contributed by atoms with Crippen molar-refractivity contribution in [2.75, 3.05) is 11.9 Å². The molecule has 0 spiro atoms. The van der Waals surface area contributed by atoms with Crippen molar-refractivity contribution in [2.24, 2.45) is 0 Å². The van der Waals surface area contributed by atoms with Gasteiger partial charge in [-0.3, -0.25) is 0 Å². The summed E-state index contributed by atoms with van der Waals surface area (Å²) >= 11 is 1.50. The first kappa shape index (κ1) is 21.8. The van der Waals surface area contributed by atoms with Crippen LogP contribution in [-0.4, -0.2) is 23.0 Å². The van der Waals surface area contributed by atoms with Gasteiger partial charge >= 0.3 is 0 Å². The van der Waals surface area contributed by atoms with Crippen molar-refractivity contribution >= 4 is 23.5 Å². The van der Waals surface area contributed by atoms with Crippen LogP contribution in [0.2, 0.25) is 0 Å². The number of rotatable bonds is 7. The Kier molecular flexibility index (Phi) is 6.77. The smallest absolute Gasteiger partial charge is 0.190 e. The van der Waals surface area contributed by atoms with E-state index in [1.54, 1.807) is 12.1 Å². The Morgan fingerprint density at radius 3 is 2.37 bits per heavy atom. The van der Waals surface area contributed by atoms with Gasteiger partial charge in [-0.05, 0) is 22.8 Å². The van der Waals surface area contributed by atoms with E-state index in [1.165, 1.54) is 23.4 Å². The van der Waals surface area contributed by atoms with Gasteiger partial charge in [0.05, 0.1) is 11.7 Å². The normalized spacial score (nSPS) is 11.3. The second-order valence-electron chi connectivity index (χ2n) is 8.26. The molecule has 0 atom stereocenters. The maximum Gasteiger partial charge on any atom is 0.190 e. The summed E-state index contributed by atoms with van der Waals surface area (Å²) in [6, 6.07) is 19.1. The number of hydrogen-bond donors (Lipinski definition) is 0. The first-order chi connectivity index (χ1) is 14.2. The van der Waals surface area contributed by atoms with Gasteiger partial charge in [-0.25, -0.2) is 9.97 Å². The summed E-state index contributed by atoms with van der Waals surface area (Å²) in [4.78, 5) is 22.7. The highest BCUT2D eigenvalue weighted by Crippen LogP contribution is 2.28. The summed E-state index contributed by atoms with van der Waals surface area (Å²) in [6.45, 7) is 7.15. The molecule has 0 saturated heterocycles. The highest BCUT2D eigenvalue weighted by atomic mass is 32.2. The average Bonchev–Trinajstić information content (AvgIpc) is 2.72. The molecule has 0 N–H and O–H groups in total. The van der Waals surface area contributed by atoms with Crippen LogP contribution in [0.5, 0.6) is 0 Å². The number of carboxylic acids is 1. The molecule has 3 rings (SSSR count). The number of carbonyl (C=O) groups is 1. The second-order valence-corrected chi connectivity index (χ2v) is 9.20. The Labute approximate surface area is 182 Å². The van der Waals surface area contributed by atoms with Gasteiger partial charge in [-0.1, -0.05) is 81.1 Å². The maximum atomic E-state index is 11.1. The summed E-state index contributed by atoms with van der Waals surface area (Å²) in [5.74, 6) is 0.277. The molecule has 1 aromatic heterocycles. The third-order valence-corrected chi connectivity index (χ3v) is 5.56. The van der Waals surface area contributed by atoms with Crippen LogP contribution in [0.25, 0.3) is 0 Å². The maximum absolute atomic E-state index is 11.1. The number of carboxylic acid groups (broad SMARTS) is 1. The minimum absolute atomic E-state index is 0.116. The van der Waals surface area contributed by atoms with Crippen LogP contribution in [0.4, 0.5) is 5.82 Å². The van der Waals surface area contributed by atoms with E-state index in [9.17, 15) is 9.90 Å². The van der Waals surface area contributed by atoms with Crippen LogP contribution in [-0.2, 0) is 17.7 Å². The van der Waals surface area contributed by atoms with Gasteiger partial charge in [-0.15, -0.1) is 0 Å². The molecule has 0 amide bonds. The van der Waals surface area contributed by atoms with Crippen LogP contribution >= 0.6 is 11.8 Å². The molecule has 0 saturated carbocycles. The highest BCUT2D eigenvalue weighted by molar-refractivity contribution is 7.98. The van der Waals surface area contributed by atoms with Gasteiger partial charge in [0.25, 0.3) is 0 Å². The van der Waals surface area contributed by atoms with Crippen LogP contribution in [0, 0.1) is 0 Å². The minimum atomic E-state index is -1.17. The lowest BCUT2D eigenvalue weighted by atomic mass is 9.92. The summed E-state index contributed by atoms with van der Waals surface area (Å²) in [5, 5.41) is 11.8. The lowest BCUT2D eigenvalue weighted by Gasteiger charge is -2.23. The fraction of sp³-hybridized carbons (Fsp3) is 0.292. The van der Waals surface area contributed by atoms with Gasteiger partial charge in [0.1, 0.15) is 5.82 Å². The minimum Gasteiger partial charge on any atom is -0.545 e. The van der Waals surface area contributed by atoms with Crippen molar-refractivity contribution in [1.82, 2.24) is 9.97 Å². The van der Waals surface area contributed by atoms with E-state index < -0.39 is 5.97 Å². The number of thioether (sulfide) groups is 1. The van der Waals surface area contributed by atoms with Gasteiger partial charge in [0.2, 0.25) is 0 Å². The SMILES string of the molecule is CN(Cc1ccccc1)c1cc(C(C)(C)C)nc(SCc2cccc(C(=O)[O-])c2)n1. The zero-order chi connectivity index (χ0) is 21.7. The zero-order valence-electron chi connectivity index (χ0n) is 17.8. The number of hydrogen-bond acceptors (Lipinski definition) is 6. The third kappa shape index (κ3) is 5.83. The van der Waals surface area contributed by atoms with Crippen molar-refractivity contribution in [3.63, 3.8) is 0 Å². The first-order valence-corrected chi connectivity index (χ1v) is 10.8. The molecule has 0 aliphatic heterocycles. The molecule has 0 radical (unpaired) electrons. The molecule has 3 aromatic rings. The Morgan fingerprint density at radius 1 is 1.00 bits per heavy atom. The van der Waals surface area contributed by atoms with E-state index >= 15 is 0 Å². The fourth-order valence-corrected chi connectivity index (χ4v) is 3.73. The molecular formula is C24H26N3O2S-. The second kappa shape index (κ2) is 9.30. The summed E-state index contributed by atoms with van der Waals surface area (Å²) in [5.41, 5.74) is 3.14. The van der Waals surface area contributed by atoms with Crippen molar-refractivity contribution in [2.45, 2.75) is 43.6 Å². The number of benzene rings is 2. The van der Waals surface area contributed by atoms with E-state index in [-0.39, 0.29) is 11.0 Å². The molecule has 156 valence electrons. The number of carbonyl (C=O) groups excluding carboxylic acids is 1. The fourth-order valence-electron chi connectivity index (χ4n) is 2.93. The van der Waals surface area contributed by atoms with Crippen LogP contribution < -0.4 is 10.0 Å². The van der Waals surface area contributed by atoms with E-state index in [1.807, 2.05) is 37.4 Å². The predicted molar refractivity (Wildman–Crippen MR) is 120 cm³/mol. The average molecular weight is 421 g/mol. The molecular weight excluding hydrogens is 394 g/mol. The third-order valence-electron chi connectivity index (χ3n) is 4.64. The lowest BCUT2D eigenvalue weighted by molar-refractivity contribution is -0.255. The summed E-state index contributed by atoms with van der Waals surface area (Å²) in [7, 11) is 2.03. The Morgan fingerprint density at radius 2 is 1.70 bits per heavy atom. The number of aromatic carboxylic acids is 1. The Hall–Kier alpha value is -2.86. The topological polar surface area (TPSA) is 69.2 Å². The molecule has 5 nitrogen and oxygen atoms in total. The molecule has 0 aliphatic carbocycles. The van der Waals surface area contributed by atoms with Gasteiger partial charge in [-0.2, -0.15) is 0 Å². The van der Waals surface area contributed by atoms with E-state index in [4.69, 9.17) is 9.97 Å². The van der Waals surface area contributed by atoms with Crippen LogP contribution in [0.3, 0.4) is 0 Å². The lowest BCUT2D eigenvalue weighted by Crippen LogP contribution is -2.22. The number of nitrogens with zero attached hydrogens (tertiary/aromatic N) is 3. The quantitative estimate of drug-likeness (QED) is 0.424. The molecule has 0 fully saturated rings. The summed E-state index contributed by atoms with van der Waals surface area (Å²) in [6.07, 6.45) is 0. The van der Waals surface area contributed by atoms with E-state index in [2.05, 4.69) is 37.8 Å². The van der Waals surface area contributed by atoms with Crippen molar-refractivity contribution in [3.05, 3.63) is 83.0 Å². The molecule has 0 aliphatic rings. The van der Waals surface area contributed by atoms with Crippen LogP contribution in [0.15, 0.2) is 65.8 Å². The molecule has 0 unspecified atom stereocenters. The summed E-state index contributed by atoms with van der Waals surface area (Å²) < 4.78 is 0. The molecule has 30 heavy (non-hydrogen) atoms. The van der Waals surface area contributed by atoms with Gasteiger partial charge in [0.15, 0.2) is 5.16 Å². The van der Waals surface area contributed by atoms with Gasteiger partial charge in [0, 0.05) is 30.8 Å². The molecule has 1 heterocycles. The molecule has 2 aromatic carbocycles. The number of anilines is 1.